The second-order valence-electron chi connectivity index (χ2n) is 8.40. The van der Waals surface area contributed by atoms with E-state index in [0.29, 0.717) is 5.92 Å². The molecule has 3 heterocycles. The van der Waals surface area contributed by atoms with E-state index in [0.717, 1.165) is 53.4 Å². The Balaban J connectivity index is 1.19. The minimum atomic E-state index is 0.123. The molecule has 168 valence electrons. The number of pyridine rings is 1. The van der Waals surface area contributed by atoms with E-state index in [9.17, 15) is 4.79 Å². The van der Waals surface area contributed by atoms with Crippen LogP contribution in [0.4, 0.5) is 0 Å². The van der Waals surface area contributed by atoms with Crippen LogP contribution in [0.25, 0.3) is 10.9 Å². The molecule has 5 rings (SSSR count). The molecule has 0 radical (unpaired) electrons. The number of H-pyrrole nitrogens is 1. The Morgan fingerprint density at radius 2 is 1.97 bits per heavy atom. The fraction of sp³-hybridized carbons (Fsp3) is 0.259. The summed E-state index contributed by atoms with van der Waals surface area (Å²) < 4.78 is 5.41. The summed E-state index contributed by atoms with van der Waals surface area (Å²) in [4.78, 5) is 23.8. The van der Waals surface area contributed by atoms with Crippen LogP contribution < -0.4 is 4.74 Å². The number of nitrogens with zero attached hydrogens (tertiary/aromatic N) is 2. The molecule has 0 bridgehead atoms. The number of piperidine rings is 1. The van der Waals surface area contributed by atoms with E-state index >= 15 is 0 Å². The molecule has 1 amide bonds. The number of hydrogen-bond donors (Lipinski definition) is 1. The van der Waals surface area contributed by atoms with Gasteiger partial charge in [-0.15, -0.1) is 11.8 Å². The number of ether oxygens (including phenoxy) is 1. The molecular formula is C27H27N3O2S. The van der Waals surface area contributed by atoms with Gasteiger partial charge < -0.3 is 14.6 Å². The van der Waals surface area contributed by atoms with E-state index in [1.807, 2.05) is 47.5 Å². The summed E-state index contributed by atoms with van der Waals surface area (Å²) in [5, 5.41) is 1.22. The molecule has 1 aliphatic rings. The molecular weight excluding hydrogens is 430 g/mol. The number of likely N-dealkylation sites (tertiary alicyclic amines) is 1. The van der Waals surface area contributed by atoms with Crippen molar-refractivity contribution in [2.75, 3.05) is 20.2 Å². The topological polar surface area (TPSA) is 58.2 Å². The molecule has 4 aromatic rings. The van der Waals surface area contributed by atoms with Crippen LogP contribution in [0, 0.1) is 0 Å². The second-order valence-corrected chi connectivity index (χ2v) is 9.45. The Morgan fingerprint density at radius 1 is 1.15 bits per heavy atom. The number of thioether (sulfide) groups is 1. The number of aromatic amines is 1. The van der Waals surface area contributed by atoms with Gasteiger partial charge in [0.25, 0.3) is 5.91 Å². The third kappa shape index (κ3) is 4.76. The normalized spacial score (nSPS) is 14.5. The van der Waals surface area contributed by atoms with E-state index in [1.165, 1.54) is 16.5 Å². The first-order valence-electron chi connectivity index (χ1n) is 11.3. The Morgan fingerprint density at radius 3 is 2.70 bits per heavy atom. The van der Waals surface area contributed by atoms with Gasteiger partial charge in [0.05, 0.1) is 7.11 Å². The Hall–Kier alpha value is -3.25. The molecule has 1 aliphatic heterocycles. The highest BCUT2D eigenvalue weighted by Gasteiger charge is 2.26. The second kappa shape index (κ2) is 9.71. The van der Waals surface area contributed by atoms with Crippen molar-refractivity contribution >= 4 is 28.6 Å². The van der Waals surface area contributed by atoms with Crippen molar-refractivity contribution in [2.45, 2.75) is 29.4 Å². The lowest BCUT2D eigenvalue weighted by Crippen LogP contribution is -2.37. The number of carbonyl (C=O) groups is 1. The van der Waals surface area contributed by atoms with Crippen LogP contribution in [-0.4, -0.2) is 41.0 Å². The zero-order valence-electron chi connectivity index (χ0n) is 18.7. The third-order valence-electron chi connectivity index (χ3n) is 6.37. The van der Waals surface area contributed by atoms with E-state index < -0.39 is 0 Å². The summed E-state index contributed by atoms with van der Waals surface area (Å²) in [5.41, 5.74) is 4.41. The Kier molecular flexibility index (Phi) is 6.35. The van der Waals surface area contributed by atoms with Crippen molar-refractivity contribution in [2.24, 2.45) is 0 Å². The highest BCUT2D eigenvalue weighted by molar-refractivity contribution is 7.98. The molecule has 33 heavy (non-hydrogen) atoms. The summed E-state index contributed by atoms with van der Waals surface area (Å²) in [6.07, 6.45) is 7.73. The maximum Gasteiger partial charge on any atom is 0.253 e. The first-order valence-corrected chi connectivity index (χ1v) is 12.3. The van der Waals surface area contributed by atoms with Crippen LogP contribution in [0.2, 0.25) is 0 Å². The smallest absolute Gasteiger partial charge is 0.253 e. The van der Waals surface area contributed by atoms with E-state index in [4.69, 9.17) is 4.74 Å². The number of hydrogen-bond acceptors (Lipinski definition) is 4. The number of amides is 1. The van der Waals surface area contributed by atoms with Crippen LogP contribution in [0.5, 0.6) is 5.75 Å². The van der Waals surface area contributed by atoms with Crippen molar-refractivity contribution < 1.29 is 9.53 Å². The number of carbonyl (C=O) groups excluding carboxylic acids is 1. The van der Waals surface area contributed by atoms with Gasteiger partial charge in [0.15, 0.2) is 0 Å². The van der Waals surface area contributed by atoms with Crippen LogP contribution in [0.1, 0.15) is 40.2 Å². The maximum absolute atomic E-state index is 13.1. The van der Waals surface area contributed by atoms with Crippen LogP contribution >= 0.6 is 11.8 Å². The molecule has 0 aliphatic carbocycles. The number of aromatic nitrogens is 2. The van der Waals surface area contributed by atoms with E-state index in [-0.39, 0.29) is 5.91 Å². The molecule has 5 nitrogen and oxygen atoms in total. The molecule has 1 fully saturated rings. The number of methoxy groups -OCH3 is 1. The van der Waals surface area contributed by atoms with E-state index in [2.05, 4.69) is 34.4 Å². The van der Waals surface area contributed by atoms with E-state index in [1.54, 1.807) is 25.1 Å². The molecule has 2 aromatic carbocycles. The fourth-order valence-electron chi connectivity index (χ4n) is 4.51. The van der Waals surface area contributed by atoms with Crippen molar-refractivity contribution in [1.82, 2.24) is 14.9 Å². The molecule has 6 heteroatoms. The summed E-state index contributed by atoms with van der Waals surface area (Å²) >= 11 is 1.75. The molecule has 2 aromatic heterocycles. The third-order valence-corrected chi connectivity index (χ3v) is 7.46. The predicted octanol–water partition coefficient (Wildman–Crippen LogP) is 5.88. The number of rotatable bonds is 6. The van der Waals surface area contributed by atoms with Crippen LogP contribution in [-0.2, 0) is 5.75 Å². The number of fused-ring (bicyclic) bond motifs is 1. The van der Waals surface area contributed by atoms with Crippen LogP contribution in [0.15, 0.2) is 78.1 Å². The minimum absolute atomic E-state index is 0.123. The minimum Gasteiger partial charge on any atom is -0.497 e. The SMILES string of the molecule is COc1ccc2[nH]cc(C3CCN(C(=O)c4ccc(SCc5cccnc5)cc4)CC3)c2c1. The van der Waals surface area contributed by atoms with Crippen molar-refractivity contribution in [3.63, 3.8) is 0 Å². The first kappa shape index (κ1) is 21.6. The van der Waals surface area contributed by atoms with Crippen molar-refractivity contribution in [3.8, 4) is 5.75 Å². The Labute approximate surface area is 198 Å². The monoisotopic (exact) mass is 457 g/mol. The Bertz CT molecular complexity index is 1230. The molecule has 1 N–H and O–H groups in total. The molecule has 1 saturated heterocycles. The van der Waals surface area contributed by atoms with Gasteiger partial charge in [0.2, 0.25) is 0 Å². The van der Waals surface area contributed by atoms with Gasteiger partial charge in [-0.05, 0) is 78.4 Å². The van der Waals surface area contributed by atoms with Gasteiger partial charge in [-0.3, -0.25) is 9.78 Å². The molecule has 0 spiro atoms. The maximum atomic E-state index is 13.1. The van der Waals surface area contributed by atoms with Crippen molar-refractivity contribution in [3.05, 3.63) is 89.9 Å². The lowest BCUT2D eigenvalue weighted by atomic mass is 9.89. The highest BCUT2D eigenvalue weighted by atomic mass is 32.2. The van der Waals surface area contributed by atoms with Gasteiger partial charge >= 0.3 is 0 Å². The summed E-state index contributed by atoms with van der Waals surface area (Å²) in [6.45, 7) is 1.55. The van der Waals surface area contributed by atoms with Gasteiger partial charge in [-0.1, -0.05) is 6.07 Å². The average Bonchev–Trinajstić information content (AvgIpc) is 3.31. The van der Waals surface area contributed by atoms with Gasteiger partial charge in [0, 0.05) is 58.8 Å². The summed E-state index contributed by atoms with van der Waals surface area (Å²) in [7, 11) is 1.70. The zero-order valence-corrected chi connectivity index (χ0v) is 19.5. The fourth-order valence-corrected chi connectivity index (χ4v) is 5.34. The van der Waals surface area contributed by atoms with Crippen LogP contribution in [0.3, 0.4) is 0 Å². The largest absolute Gasteiger partial charge is 0.497 e. The molecule has 0 atom stereocenters. The average molecular weight is 458 g/mol. The number of nitrogens with one attached hydrogen (secondary N) is 1. The summed E-state index contributed by atoms with van der Waals surface area (Å²) in [5.74, 6) is 2.31. The summed E-state index contributed by atoms with van der Waals surface area (Å²) in [6, 6.07) is 18.2. The lowest BCUT2D eigenvalue weighted by molar-refractivity contribution is 0.0713. The van der Waals surface area contributed by atoms with Gasteiger partial charge in [-0.2, -0.15) is 0 Å². The zero-order chi connectivity index (χ0) is 22.6. The number of benzene rings is 2. The molecule has 0 saturated carbocycles. The predicted molar refractivity (Wildman–Crippen MR) is 133 cm³/mol. The van der Waals surface area contributed by atoms with Crippen molar-refractivity contribution in [1.29, 1.82) is 0 Å². The molecule has 0 unspecified atom stereocenters. The lowest BCUT2D eigenvalue weighted by Gasteiger charge is -2.32. The van der Waals surface area contributed by atoms with Gasteiger partial charge in [-0.25, -0.2) is 0 Å². The quantitative estimate of drug-likeness (QED) is 0.367. The van der Waals surface area contributed by atoms with Gasteiger partial charge in [0.1, 0.15) is 5.75 Å². The highest BCUT2D eigenvalue weighted by Crippen LogP contribution is 2.35. The standard InChI is InChI=1S/C27H27N3O2S/c1-32-22-6-9-26-24(15-22)25(17-29-26)20-10-13-30(14-11-20)27(31)21-4-7-23(8-5-21)33-18-19-3-2-12-28-16-19/h2-9,12,15-17,20,29H,10-11,13-14,18H2,1H3. The first-order chi connectivity index (χ1) is 16.2.